The van der Waals surface area contributed by atoms with E-state index in [-0.39, 0.29) is 24.4 Å². The summed E-state index contributed by atoms with van der Waals surface area (Å²) in [6, 6.07) is 4.34. The number of alkyl halides is 3. The van der Waals surface area contributed by atoms with E-state index in [0.717, 1.165) is 0 Å². The average Bonchev–Trinajstić information content (AvgIpc) is 2.26. The molecule has 1 rings (SSSR count). The molecule has 0 aliphatic rings. The third kappa shape index (κ3) is 5.80. The molecule has 8 heteroatoms. The fourth-order valence-corrected chi connectivity index (χ4v) is 1.44. The molecule has 0 unspecified atom stereocenters. The van der Waals surface area contributed by atoms with Crippen LogP contribution in [0.2, 0.25) is 5.02 Å². The Morgan fingerprint density at radius 3 is 2.68 bits per heavy atom. The number of nitrogens with one attached hydrogen (secondary N) is 1. The first-order chi connectivity index (χ1) is 8.79. The molecule has 0 heterocycles. The minimum atomic E-state index is -4.37. The molecule has 0 fully saturated rings. The van der Waals surface area contributed by atoms with Crippen LogP contribution < -0.4 is 11.1 Å². The van der Waals surface area contributed by atoms with Crippen molar-refractivity contribution in [3.63, 3.8) is 0 Å². The number of hydrogen-bond acceptors (Lipinski definition) is 3. The molecule has 0 bridgehead atoms. The first-order valence-corrected chi connectivity index (χ1v) is 5.65. The van der Waals surface area contributed by atoms with Crippen LogP contribution in [-0.4, -0.2) is 31.8 Å². The number of rotatable bonds is 5. The highest BCUT2D eigenvalue weighted by atomic mass is 35.5. The molecular weight excluding hydrogens is 285 g/mol. The molecule has 0 saturated carbocycles. The van der Waals surface area contributed by atoms with Crippen molar-refractivity contribution in [2.45, 2.75) is 6.18 Å². The summed E-state index contributed by atoms with van der Waals surface area (Å²) in [6.07, 6.45) is -4.37. The fraction of sp³-hybridized carbons (Fsp3) is 0.364. The van der Waals surface area contributed by atoms with Crippen molar-refractivity contribution in [3.8, 4) is 0 Å². The van der Waals surface area contributed by atoms with Crippen LogP contribution in [-0.2, 0) is 4.74 Å². The first kappa shape index (κ1) is 15.6. The molecule has 19 heavy (non-hydrogen) atoms. The maximum Gasteiger partial charge on any atom is 0.411 e. The van der Waals surface area contributed by atoms with Crippen LogP contribution >= 0.6 is 11.6 Å². The third-order valence-electron chi connectivity index (χ3n) is 2.06. The second-order valence-electron chi connectivity index (χ2n) is 3.66. The minimum Gasteiger partial charge on any atom is -0.398 e. The second kappa shape index (κ2) is 6.63. The zero-order valence-electron chi connectivity index (χ0n) is 9.76. The smallest absolute Gasteiger partial charge is 0.398 e. The van der Waals surface area contributed by atoms with Gasteiger partial charge in [0.05, 0.1) is 12.2 Å². The van der Waals surface area contributed by atoms with Gasteiger partial charge in [-0.1, -0.05) is 11.6 Å². The number of halogens is 4. The van der Waals surface area contributed by atoms with E-state index >= 15 is 0 Å². The lowest BCUT2D eigenvalue weighted by Gasteiger charge is -2.09. The summed E-state index contributed by atoms with van der Waals surface area (Å²) in [5.74, 6) is -0.496. The normalized spacial score (nSPS) is 11.4. The number of anilines is 1. The molecule has 3 N–H and O–H groups in total. The van der Waals surface area contributed by atoms with Gasteiger partial charge in [-0.15, -0.1) is 0 Å². The van der Waals surface area contributed by atoms with Crippen LogP contribution in [0.5, 0.6) is 0 Å². The summed E-state index contributed by atoms with van der Waals surface area (Å²) in [4.78, 5) is 11.6. The van der Waals surface area contributed by atoms with Gasteiger partial charge in [0.1, 0.15) is 6.61 Å². The van der Waals surface area contributed by atoms with Crippen molar-refractivity contribution in [1.82, 2.24) is 5.32 Å². The van der Waals surface area contributed by atoms with Gasteiger partial charge in [0.25, 0.3) is 5.91 Å². The number of ether oxygens (including phenoxy) is 1. The summed E-state index contributed by atoms with van der Waals surface area (Å²) in [5.41, 5.74) is 5.99. The maximum absolute atomic E-state index is 11.8. The highest BCUT2D eigenvalue weighted by Crippen LogP contribution is 2.17. The molecule has 0 saturated heterocycles. The molecule has 0 aromatic heterocycles. The molecule has 4 nitrogen and oxygen atoms in total. The van der Waals surface area contributed by atoms with Crippen molar-refractivity contribution in [1.29, 1.82) is 0 Å². The summed E-state index contributed by atoms with van der Waals surface area (Å²) < 4.78 is 39.6. The van der Waals surface area contributed by atoms with Gasteiger partial charge in [0, 0.05) is 17.3 Å². The van der Waals surface area contributed by atoms with E-state index < -0.39 is 18.7 Å². The lowest BCUT2D eigenvalue weighted by atomic mass is 10.1. The maximum atomic E-state index is 11.8. The standard InChI is InChI=1S/C11H12ClF3N2O2/c12-7-1-2-8(9(16)5-7)10(18)17-3-4-19-6-11(13,14)15/h1-2,5H,3-4,6,16H2,(H,17,18). The summed E-state index contributed by atoms with van der Waals surface area (Å²) in [6.45, 7) is -1.62. The zero-order valence-corrected chi connectivity index (χ0v) is 10.5. The molecule has 1 aromatic carbocycles. The average molecular weight is 297 g/mol. The molecule has 0 atom stereocenters. The Morgan fingerprint density at radius 2 is 2.11 bits per heavy atom. The molecule has 0 radical (unpaired) electrons. The molecule has 0 aliphatic carbocycles. The summed E-state index contributed by atoms with van der Waals surface area (Å²) in [7, 11) is 0. The van der Waals surface area contributed by atoms with Crippen LogP contribution in [0.1, 0.15) is 10.4 Å². The minimum absolute atomic E-state index is 0.0447. The lowest BCUT2D eigenvalue weighted by Crippen LogP contribution is -2.29. The topological polar surface area (TPSA) is 64.4 Å². The van der Waals surface area contributed by atoms with Crippen molar-refractivity contribution in [2.24, 2.45) is 0 Å². The Labute approximate surface area is 112 Å². The van der Waals surface area contributed by atoms with Gasteiger partial charge in [0.15, 0.2) is 0 Å². The number of carbonyl (C=O) groups excluding carboxylic acids is 1. The predicted octanol–water partition coefficient (Wildman–Crippen LogP) is 2.23. The molecule has 1 aromatic rings. The third-order valence-corrected chi connectivity index (χ3v) is 2.29. The molecular formula is C11H12ClF3N2O2. The fourth-order valence-electron chi connectivity index (χ4n) is 1.26. The van der Waals surface area contributed by atoms with E-state index in [4.69, 9.17) is 17.3 Å². The SMILES string of the molecule is Nc1cc(Cl)ccc1C(=O)NCCOCC(F)(F)F. The van der Waals surface area contributed by atoms with E-state index in [1.165, 1.54) is 18.2 Å². The van der Waals surface area contributed by atoms with Gasteiger partial charge in [-0.05, 0) is 18.2 Å². The monoisotopic (exact) mass is 296 g/mol. The number of benzene rings is 1. The summed E-state index contributed by atoms with van der Waals surface area (Å²) in [5, 5.41) is 2.78. The predicted molar refractivity (Wildman–Crippen MR) is 65.1 cm³/mol. The van der Waals surface area contributed by atoms with Crippen molar-refractivity contribution < 1.29 is 22.7 Å². The first-order valence-electron chi connectivity index (χ1n) is 5.27. The van der Waals surface area contributed by atoms with Gasteiger partial charge in [-0.3, -0.25) is 4.79 Å². The van der Waals surface area contributed by atoms with E-state index in [1.807, 2.05) is 0 Å². The Kier molecular flexibility index (Phi) is 5.44. The van der Waals surface area contributed by atoms with Crippen LogP contribution in [0.4, 0.5) is 18.9 Å². The lowest BCUT2D eigenvalue weighted by molar-refractivity contribution is -0.173. The van der Waals surface area contributed by atoms with Crippen molar-refractivity contribution in [2.75, 3.05) is 25.5 Å². The van der Waals surface area contributed by atoms with E-state index in [2.05, 4.69) is 10.1 Å². The number of nitrogen functional groups attached to an aromatic ring is 1. The van der Waals surface area contributed by atoms with Gasteiger partial charge < -0.3 is 15.8 Å². The molecule has 0 aliphatic heterocycles. The number of carbonyl (C=O) groups is 1. The van der Waals surface area contributed by atoms with Gasteiger partial charge >= 0.3 is 6.18 Å². The van der Waals surface area contributed by atoms with Crippen LogP contribution in [0, 0.1) is 0 Å². The number of nitrogens with two attached hydrogens (primary N) is 1. The Balaban J connectivity index is 2.36. The number of hydrogen-bond donors (Lipinski definition) is 2. The summed E-state index contributed by atoms with van der Waals surface area (Å²) >= 11 is 5.67. The van der Waals surface area contributed by atoms with Crippen LogP contribution in [0.15, 0.2) is 18.2 Å². The van der Waals surface area contributed by atoms with E-state index in [1.54, 1.807) is 0 Å². The Morgan fingerprint density at radius 1 is 1.42 bits per heavy atom. The Bertz CT molecular complexity index is 452. The highest BCUT2D eigenvalue weighted by Gasteiger charge is 2.27. The van der Waals surface area contributed by atoms with Crippen LogP contribution in [0.25, 0.3) is 0 Å². The molecule has 0 spiro atoms. The second-order valence-corrected chi connectivity index (χ2v) is 4.09. The van der Waals surface area contributed by atoms with Crippen molar-refractivity contribution in [3.05, 3.63) is 28.8 Å². The molecule has 106 valence electrons. The molecule has 1 amide bonds. The van der Waals surface area contributed by atoms with Crippen LogP contribution in [0.3, 0.4) is 0 Å². The quantitative estimate of drug-likeness (QED) is 0.647. The van der Waals surface area contributed by atoms with Gasteiger partial charge in [-0.25, -0.2) is 0 Å². The zero-order chi connectivity index (χ0) is 14.5. The van der Waals surface area contributed by atoms with Gasteiger partial charge in [-0.2, -0.15) is 13.2 Å². The largest absolute Gasteiger partial charge is 0.411 e. The number of amides is 1. The van der Waals surface area contributed by atoms with Gasteiger partial charge in [0.2, 0.25) is 0 Å². The Hall–Kier alpha value is -1.47. The highest BCUT2D eigenvalue weighted by molar-refractivity contribution is 6.31. The van der Waals surface area contributed by atoms with E-state index in [0.29, 0.717) is 5.02 Å². The van der Waals surface area contributed by atoms with Crippen molar-refractivity contribution >= 4 is 23.2 Å². The van der Waals surface area contributed by atoms with E-state index in [9.17, 15) is 18.0 Å².